The summed E-state index contributed by atoms with van der Waals surface area (Å²) in [7, 11) is 0. The molecule has 0 aliphatic carbocycles. The first-order valence-electron chi connectivity index (χ1n) is 8.96. The largest absolute Gasteiger partial charge is 0.360 e. The number of carbonyl (C=O) groups excluding carboxylic acids is 1. The molecule has 3 aromatic rings. The van der Waals surface area contributed by atoms with Gasteiger partial charge in [0, 0.05) is 50.7 Å². The molecule has 1 fully saturated rings. The van der Waals surface area contributed by atoms with E-state index in [0.29, 0.717) is 61.0 Å². The van der Waals surface area contributed by atoms with Gasteiger partial charge >= 0.3 is 0 Å². The fourth-order valence-corrected chi connectivity index (χ4v) is 3.02. The molecule has 0 atom stereocenters. The minimum Gasteiger partial charge on any atom is -0.360 e. The normalized spacial score (nSPS) is 14.2. The lowest BCUT2D eigenvalue weighted by atomic mass is 10.2. The van der Waals surface area contributed by atoms with Crippen LogP contribution in [-0.4, -0.2) is 62.1 Å². The van der Waals surface area contributed by atoms with Crippen LogP contribution in [-0.2, 0) is 0 Å². The molecule has 10 heteroatoms. The first-order chi connectivity index (χ1) is 13.6. The van der Waals surface area contributed by atoms with Crippen molar-refractivity contribution < 1.29 is 9.32 Å². The van der Waals surface area contributed by atoms with Crippen LogP contribution in [0.25, 0.3) is 0 Å². The number of rotatable bonds is 4. The monoisotopic (exact) mass is 380 g/mol. The zero-order valence-electron chi connectivity index (χ0n) is 15.7. The van der Waals surface area contributed by atoms with Crippen LogP contribution in [0.4, 0.5) is 17.6 Å². The number of aryl methyl sites for hydroxylation is 2. The number of amides is 1. The zero-order valence-corrected chi connectivity index (χ0v) is 15.7. The van der Waals surface area contributed by atoms with Crippen molar-refractivity contribution in [2.24, 2.45) is 0 Å². The Morgan fingerprint density at radius 1 is 1.04 bits per heavy atom. The van der Waals surface area contributed by atoms with E-state index in [2.05, 4.69) is 35.3 Å². The molecule has 1 aliphatic rings. The van der Waals surface area contributed by atoms with Crippen molar-refractivity contribution in [3.8, 4) is 0 Å². The second-order valence-electron chi connectivity index (χ2n) is 6.46. The van der Waals surface area contributed by atoms with Crippen LogP contribution >= 0.6 is 0 Å². The highest BCUT2D eigenvalue weighted by Gasteiger charge is 2.24. The van der Waals surface area contributed by atoms with E-state index in [1.165, 1.54) is 0 Å². The average Bonchev–Trinajstić information content (AvgIpc) is 3.12. The van der Waals surface area contributed by atoms with Crippen LogP contribution in [0.15, 0.2) is 35.1 Å². The number of nitrogens with one attached hydrogen (secondary N) is 1. The molecule has 0 unspecified atom stereocenters. The van der Waals surface area contributed by atoms with Gasteiger partial charge < -0.3 is 19.6 Å². The van der Waals surface area contributed by atoms with Crippen molar-refractivity contribution in [1.82, 2.24) is 30.0 Å². The van der Waals surface area contributed by atoms with Gasteiger partial charge in [0.2, 0.25) is 5.95 Å². The Balaban J connectivity index is 1.45. The van der Waals surface area contributed by atoms with Gasteiger partial charge in [0.1, 0.15) is 23.1 Å². The zero-order chi connectivity index (χ0) is 19.5. The molecule has 0 spiro atoms. The summed E-state index contributed by atoms with van der Waals surface area (Å²) < 4.78 is 5.04. The predicted octanol–water partition coefficient (Wildman–Crippen LogP) is 1.58. The van der Waals surface area contributed by atoms with Crippen molar-refractivity contribution in [3.05, 3.63) is 47.9 Å². The maximum Gasteiger partial charge on any atom is 0.272 e. The summed E-state index contributed by atoms with van der Waals surface area (Å²) in [5.41, 5.74) is 0.347. The Morgan fingerprint density at radius 3 is 2.46 bits per heavy atom. The van der Waals surface area contributed by atoms with Crippen molar-refractivity contribution in [2.75, 3.05) is 36.4 Å². The Hall–Kier alpha value is -3.56. The van der Waals surface area contributed by atoms with Gasteiger partial charge in [0.25, 0.3) is 5.91 Å². The third-order valence-electron chi connectivity index (χ3n) is 4.34. The van der Waals surface area contributed by atoms with Crippen LogP contribution in [0.2, 0.25) is 0 Å². The summed E-state index contributed by atoms with van der Waals surface area (Å²) in [5.74, 6) is 2.78. The fraction of sp³-hybridized carbons (Fsp3) is 0.333. The molecule has 28 heavy (non-hydrogen) atoms. The van der Waals surface area contributed by atoms with Crippen LogP contribution < -0.4 is 10.2 Å². The van der Waals surface area contributed by atoms with E-state index < -0.39 is 0 Å². The molecule has 3 aromatic heterocycles. The van der Waals surface area contributed by atoms with Crippen LogP contribution in [0.3, 0.4) is 0 Å². The molecular formula is C18H20N8O2. The number of hydrogen-bond acceptors (Lipinski definition) is 9. The Kier molecular flexibility index (Phi) is 4.83. The molecule has 1 amide bonds. The number of hydrogen-bond donors (Lipinski definition) is 1. The lowest BCUT2D eigenvalue weighted by Crippen LogP contribution is -2.49. The Bertz CT molecular complexity index is 967. The third-order valence-corrected chi connectivity index (χ3v) is 4.34. The molecule has 0 radical (unpaired) electrons. The number of anilines is 3. The molecule has 10 nitrogen and oxygen atoms in total. The molecular weight excluding hydrogens is 360 g/mol. The van der Waals surface area contributed by atoms with Gasteiger partial charge in [-0.3, -0.25) is 4.79 Å². The number of piperazine rings is 1. The minimum atomic E-state index is -0.126. The van der Waals surface area contributed by atoms with E-state index in [-0.39, 0.29) is 5.91 Å². The molecule has 144 valence electrons. The minimum absolute atomic E-state index is 0.126. The molecule has 4 heterocycles. The highest BCUT2D eigenvalue weighted by Crippen LogP contribution is 2.17. The highest BCUT2D eigenvalue weighted by molar-refractivity contribution is 5.93. The van der Waals surface area contributed by atoms with Gasteiger partial charge in [-0.25, -0.2) is 19.9 Å². The van der Waals surface area contributed by atoms with Crippen molar-refractivity contribution >= 4 is 23.5 Å². The second-order valence-corrected chi connectivity index (χ2v) is 6.46. The van der Waals surface area contributed by atoms with E-state index in [1.807, 2.05) is 0 Å². The van der Waals surface area contributed by atoms with E-state index in [9.17, 15) is 4.79 Å². The second kappa shape index (κ2) is 7.59. The molecule has 0 bridgehead atoms. The number of carbonyl (C=O) groups is 1. The van der Waals surface area contributed by atoms with Crippen molar-refractivity contribution in [3.63, 3.8) is 0 Å². The van der Waals surface area contributed by atoms with Gasteiger partial charge in [0.05, 0.1) is 0 Å². The first kappa shape index (κ1) is 17.8. The third kappa shape index (κ3) is 3.90. The summed E-state index contributed by atoms with van der Waals surface area (Å²) in [6.07, 6.45) is 3.43. The molecule has 0 saturated carbocycles. The molecule has 0 aromatic carbocycles. The number of aromatic nitrogens is 5. The maximum atomic E-state index is 12.9. The molecule has 1 saturated heterocycles. The van der Waals surface area contributed by atoms with Gasteiger partial charge in [-0.05, 0) is 19.9 Å². The summed E-state index contributed by atoms with van der Waals surface area (Å²) in [4.78, 5) is 33.9. The summed E-state index contributed by atoms with van der Waals surface area (Å²) in [5, 5.41) is 6.92. The smallest absolute Gasteiger partial charge is 0.272 e. The molecule has 1 aliphatic heterocycles. The summed E-state index contributed by atoms with van der Waals surface area (Å²) in [6, 6.07) is 5.17. The van der Waals surface area contributed by atoms with Crippen LogP contribution in [0.5, 0.6) is 0 Å². The quantitative estimate of drug-likeness (QED) is 0.720. The topological polar surface area (TPSA) is 113 Å². The van der Waals surface area contributed by atoms with Crippen LogP contribution in [0.1, 0.15) is 22.1 Å². The predicted molar refractivity (Wildman–Crippen MR) is 101 cm³/mol. The Morgan fingerprint density at radius 2 is 1.79 bits per heavy atom. The highest BCUT2D eigenvalue weighted by atomic mass is 16.5. The van der Waals surface area contributed by atoms with Crippen LogP contribution in [0, 0.1) is 13.8 Å². The SMILES string of the molecule is Cc1nc(Nc2cc(C)on2)cc(C(=O)N2CCN(c3ncccn3)CC2)n1. The summed E-state index contributed by atoms with van der Waals surface area (Å²) in [6.45, 7) is 6.04. The average molecular weight is 380 g/mol. The number of nitrogens with zero attached hydrogens (tertiary/aromatic N) is 7. The fourth-order valence-electron chi connectivity index (χ4n) is 3.02. The molecule has 1 N–H and O–H groups in total. The van der Waals surface area contributed by atoms with E-state index >= 15 is 0 Å². The summed E-state index contributed by atoms with van der Waals surface area (Å²) >= 11 is 0. The van der Waals surface area contributed by atoms with Gasteiger partial charge in [-0.2, -0.15) is 0 Å². The first-order valence-corrected chi connectivity index (χ1v) is 8.96. The standard InChI is InChI=1S/C18H20N8O2/c1-12-10-16(24-28-12)23-15-11-14(21-13(2)22-15)17(27)25-6-8-26(9-7-25)18-19-4-3-5-20-18/h3-5,10-11H,6-9H2,1-2H3,(H,21,22,23,24). The lowest BCUT2D eigenvalue weighted by molar-refractivity contribution is 0.0740. The van der Waals surface area contributed by atoms with Gasteiger partial charge in [0.15, 0.2) is 5.82 Å². The van der Waals surface area contributed by atoms with Crippen molar-refractivity contribution in [2.45, 2.75) is 13.8 Å². The van der Waals surface area contributed by atoms with Gasteiger partial charge in [-0.15, -0.1) is 0 Å². The van der Waals surface area contributed by atoms with Gasteiger partial charge in [-0.1, -0.05) is 5.16 Å². The van der Waals surface area contributed by atoms with E-state index in [1.54, 1.807) is 49.3 Å². The van der Waals surface area contributed by atoms with E-state index in [4.69, 9.17) is 4.52 Å². The van der Waals surface area contributed by atoms with E-state index in [0.717, 1.165) is 0 Å². The maximum absolute atomic E-state index is 12.9. The lowest BCUT2D eigenvalue weighted by Gasteiger charge is -2.34. The van der Waals surface area contributed by atoms with Crippen molar-refractivity contribution in [1.29, 1.82) is 0 Å². The Labute approximate surface area is 161 Å². The molecule has 4 rings (SSSR count).